The highest BCUT2D eigenvalue weighted by Crippen LogP contribution is 2.27. The molecule has 0 aliphatic heterocycles. The van der Waals surface area contributed by atoms with E-state index in [1.807, 2.05) is 0 Å². The maximum atomic E-state index is 12.5. The molecule has 0 atom stereocenters. The second kappa shape index (κ2) is 7.69. The Hall–Kier alpha value is -2.78. The van der Waals surface area contributed by atoms with Crippen molar-refractivity contribution in [2.45, 2.75) is 24.0 Å². The molecule has 9 heteroatoms. The molecule has 0 spiro atoms. The average molecular weight is 418 g/mol. The lowest BCUT2D eigenvalue weighted by Gasteiger charge is -2.09. The molecule has 0 radical (unpaired) electrons. The van der Waals surface area contributed by atoms with Crippen molar-refractivity contribution in [2.75, 3.05) is 12.4 Å². The molecule has 1 aromatic heterocycles. The SMILES string of the molecule is COC(=O)c1ccc2nc(NC(=O)c3cccc(S(=O)(=O)C(C)C)c3)sc2c1. The van der Waals surface area contributed by atoms with E-state index in [1.54, 1.807) is 32.0 Å². The van der Waals surface area contributed by atoms with E-state index in [4.69, 9.17) is 4.74 Å². The minimum absolute atomic E-state index is 0.0992. The number of hydrogen-bond donors (Lipinski definition) is 1. The molecular weight excluding hydrogens is 400 g/mol. The van der Waals surface area contributed by atoms with E-state index in [2.05, 4.69) is 10.3 Å². The van der Waals surface area contributed by atoms with Crippen LogP contribution >= 0.6 is 11.3 Å². The van der Waals surface area contributed by atoms with Crippen LogP contribution in [0.25, 0.3) is 10.2 Å². The highest BCUT2D eigenvalue weighted by molar-refractivity contribution is 7.92. The largest absolute Gasteiger partial charge is 0.465 e. The van der Waals surface area contributed by atoms with Gasteiger partial charge in [0, 0.05) is 5.56 Å². The quantitative estimate of drug-likeness (QED) is 0.636. The van der Waals surface area contributed by atoms with Gasteiger partial charge in [-0.3, -0.25) is 10.1 Å². The van der Waals surface area contributed by atoms with Gasteiger partial charge in [0.05, 0.1) is 33.0 Å². The Balaban J connectivity index is 1.86. The normalized spacial score (nSPS) is 11.6. The molecule has 0 aliphatic carbocycles. The van der Waals surface area contributed by atoms with Crippen molar-refractivity contribution in [2.24, 2.45) is 0 Å². The van der Waals surface area contributed by atoms with Crippen LogP contribution in [0, 0.1) is 0 Å². The van der Waals surface area contributed by atoms with Crippen molar-refractivity contribution in [3.63, 3.8) is 0 Å². The Morgan fingerprint density at radius 2 is 1.86 bits per heavy atom. The number of thiazole rings is 1. The van der Waals surface area contributed by atoms with Gasteiger partial charge in [-0.1, -0.05) is 17.4 Å². The molecular formula is C19H18N2O5S2. The zero-order chi connectivity index (χ0) is 20.5. The van der Waals surface area contributed by atoms with Gasteiger partial charge in [0.2, 0.25) is 0 Å². The van der Waals surface area contributed by atoms with Crippen molar-refractivity contribution in [1.29, 1.82) is 0 Å². The highest BCUT2D eigenvalue weighted by atomic mass is 32.2. The van der Waals surface area contributed by atoms with E-state index in [0.717, 1.165) is 0 Å². The maximum absolute atomic E-state index is 12.5. The summed E-state index contributed by atoms with van der Waals surface area (Å²) in [5, 5.41) is 2.44. The van der Waals surface area contributed by atoms with E-state index in [0.29, 0.717) is 20.9 Å². The number of carbonyl (C=O) groups is 2. The molecule has 28 heavy (non-hydrogen) atoms. The van der Waals surface area contributed by atoms with Crippen molar-refractivity contribution in [1.82, 2.24) is 4.98 Å². The van der Waals surface area contributed by atoms with Gasteiger partial charge in [0.1, 0.15) is 0 Å². The minimum Gasteiger partial charge on any atom is -0.465 e. The molecule has 1 amide bonds. The van der Waals surface area contributed by atoms with Crippen molar-refractivity contribution >= 4 is 48.4 Å². The van der Waals surface area contributed by atoms with Gasteiger partial charge in [-0.15, -0.1) is 0 Å². The maximum Gasteiger partial charge on any atom is 0.337 e. The first-order valence-corrected chi connectivity index (χ1v) is 10.7. The Bertz CT molecular complexity index is 1170. The topological polar surface area (TPSA) is 102 Å². The first kappa shape index (κ1) is 20.0. The Kier molecular flexibility index (Phi) is 5.48. The zero-order valence-electron chi connectivity index (χ0n) is 15.4. The molecule has 0 saturated heterocycles. The van der Waals surface area contributed by atoms with Crippen molar-refractivity contribution < 1.29 is 22.7 Å². The van der Waals surface area contributed by atoms with E-state index >= 15 is 0 Å². The van der Waals surface area contributed by atoms with E-state index in [-0.39, 0.29) is 10.5 Å². The summed E-state index contributed by atoms with van der Waals surface area (Å²) >= 11 is 1.21. The van der Waals surface area contributed by atoms with Crippen molar-refractivity contribution in [3.8, 4) is 0 Å². The molecule has 1 heterocycles. The second-order valence-electron chi connectivity index (χ2n) is 6.27. The lowest BCUT2D eigenvalue weighted by atomic mass is 10.2. The number of ether oxygens (including phenoxy) is 1. The minimum atomic E-state index is -3.48. The standard InChI is InChI=1S/C19H18N2O5S2/c1-11(2)28(24,25)14-6-4-5-12(9-14)17(22)21-19-20-15-8-7-13(18(23)26-3)10-16(15)27-19/h4-11H,1-3H3,(H,20,21,22). The number of aromatic nitrogens is 1. The van der Waals surface area contributed by atoms with Crippen LogP contribution in [0.3, 0.4) is 0 Å². The lowest BCUT2D eigenvalue weighted by molar-refractivity contribution is 0.0601. The number of amides is 1. The summed E-state index contributed by atoms with van der Waals surface area (Å²) in [7, 11) is -2.17. The van der Waals surface area contributed by atoms with Crippen LogP contribution in [0.5, 0.6) is 0 Å². The van der Waals surface area contributed by atoms with Crippen LogP contribution < -0.4 is 5.32 Å². The first-order valence-electron chi connectivity index (χ1n) is 8.36. The van der Waals surface area contributed by atoms with E-state index < -0.39 is 27.0 Å². The number of benzene rings is 2. The average Bonchev–Trinajstić information content (AvgIpc) is 3.08. The van der Waals surface area contributed by atoms with E-state index in [1.165, 1.54) is 42.7 Å². The fourth-order valence-electron chi connectivity index (χ4n) is 2.48. The number of hydrogen-bond acceptors (Lipinski definition) is 7. The number of methoxy groups -OCH3 is 1. The van der Waals surface area contributed by atoms with Gasteiger partial charge in [-0.05, 0) is 50.2 Å². The molecule has 1 N–H and O–H groups in total. The fraction of sp³-hybridized carbons (Fsp3) is 0.211. The summed E-state index contributed by atoms with van der Waals surface area (Å²) in [4.78, 5) is 28.6. The number of nitrogens with one attached hydrogen (secondary N) is 1. The molecule has 3 aromatic rings. The van der Waals surface area contributed by atoms with Gasteiger partial charge in [0.15, 0.2) is 15.0 Å². The molecule has 0 bridgehead atoms. The smallest absolute Gasteiger partial charge is 0.337 e. The summed E-state index contributed by atoms with van der Waals surface area (Å²) in [5.41, 5.74) is 1.24. The predicted octanol–water partition coefficient (Wildman–Crippen LogP) is 3.52. The van der Waals surface area contributed by atoms with Gasteiger partial charge < -0.3 is 4.74 Å². The van der Waals surface area contributed by atoms with Crippen LogP contribution in [0.4, 0.5) is 5.13 Å². The molecule has 0 aliphatic rings. The fourth-order valence-corrected chi connectivity index (χ4v) is 4.48. The van der Waals surface area contributed by atoms with Gasteiger partial charge in [0.25, 0.3) is 5.91 Å². The highest BCUT2D eigenvalue weighted by Gasteiger charge is 2.20. The third-order valence-electron chi connectivity index (χ3n) is 4.08. The third-order valence-corrected chi connectivity index (χ3v) is 7.16. The molecule has 7 nitrogen and oxygen atoms in total. The number of fused-ring (bicyclic) bond motifs is 1. The summed E-state index contributed by atoms with van der Waals surface area (Å²) in [5.74, 6) is -0.919. The number of sulfone groups is 1. The summed E-state index contributed by atoms with van der Waals surface area (Å²) in [6.07, 6.45) is 0. The monoisotopic (exact) mass is 418 g/mol. The van der Waals surface area contributed by atoms with Crippen molar-refractivity contribution in [3.05, 3.63) is 53.6 Å². The Morgan fingerprint density at radius 1 is 1.11 bits per heavy atom. The lowest BCUT2D eigenvalue weighted by Crippen LogP contribution is -2.16. The second-order valence-corrected chi connectivity index (χ2v) is 9.80. The van der Waals surface area contributed by atoms with Crippen LogP contribution in [0.2, 0.25) is 0 Å². The third kappa shape index (κ3) is 3.90. The number of esters is 1. The predicted molar refractivity (Wildman–Crippen MR) is 108 cm³/mol. The van der Waals surface area contributed by atoms with Gasteiger partial charge >= 0.3 is 5.97 Å². The van der Waals surface area contributed by atoms with Crippen LogP contribution in [-0.4, -0.2) is 37.6 Å². The van der Waals surface area contributed by atoms with Crippen LogP contribution in [0.15, 0.2) is 47.4 Å². The number of anilines is 1. The van der Waals surface area contributed by atoms with Gasteiger partial charge in [-0.2, -0.15) is 0 Å². The molecule has 0 unspecified atom stereocenters. The Morgan fingerprint density at radius 3 is 2.54 bits per heavy atom. The summed E-state index contributed by atoms with van der Waals surface area (Å²) in [6.45, 7) is 3.18. The molecule has 0 fully saturated rings. The number of rotatable bonds is 5. The summed E-state index contributed by atoms with van der Waals surface area (Å²) < 4.78 is 30.0. The van der Waals surface area contributed by atoms with Crippen LogP contribution in [0.1, 0.15) is 34.6 Å². The number of nitrogens with zero attached hydrogens (tertiary/aromatic N) is 1. The van der Waals surface area contributed by atoms with Gasteiger partial charge in [-0.25, -0.2) is 18.2 Å². The molecule has 146 valence electrons. The Labute approximate surface area is 166 Å². The first-order chi connectivity index (χ1) is 13.2. The molecule has 0 saturated carbocycles. The molecule has 2 aromatic carbocycles. The number of carbonyl (C=O) groups excluding carboxylic acids is 2. The summed E-state index contributed by atoms with van der Waals surface area (Å²) in [6, 6.07) is 10.8. The zero-order valence-corrected chi connectivity index (χ0v) is 17.1. The van der Waals surface area contributed by atoms with E-state index in [9.17, 15) is 18.0 Å². The van der Waals surface area contributed by atoms with Crippen LogP contribution in [-0.2, 0) is 14.6 Å². The molecule has 3 rings (SSSR count).